The lowest BCUT2D eigenvalue weighted by Gasteiger charge is -2.17. The van der Waals surface area contributed by atoms with E-state index in [0.717, 1.165) is 5.56 Å². The van der Waals surface area contributed by atoms with Crippen molar-refractivity contribution < 1.29 is 18.7 Å². The molecule has 5 heteroatoms. The Hall–Kier alpha value is -2.40. The van der Waals surface area contributed by atoms with E-state index in [9.17, 15) is 9.18 Å². The lowest BCUT2D eigenvalue weighted by Crippen LogP contribution is -2.39. The van der Waals surface area contributed by atoms with E-state index in [1.165, 1.54) is 24.3 Å². The van der Waals surface area contributed by atoms with Gasteiger partial charge in [0.2, 0.25) is 0 Å². The Morgan fingerprint density at radius 1 is 1.12 bits per heavy atom. The molecule has 1 atom stereocenters. The normalized spacial score (nSPS) is 11.8. The summed E-state index contributed by atoms with van der Waals surface area (Å²) < 4.78 is 24.0. The monoisotopic (exact) mass is 331 g/mol. The van der Waals surface area contributed by atoms with Crippen LogP contribution < -0.4 is 10.1 Å². The zero-order chi connectivity index (χ0) is 17.2. The number of ether oxygens (including phenoxy) is 2. The smallest absolute Gasteiger partial charge is 0.261 e. The summed E-state index contributed by atoms with van der Waals surface area (Å²) in [6.07, 6.45) is -0.0850. The minimum Gasteiger partial charge on any atom is -0.481 e. The van der Waals surface area contributed by atoms with E-state index < -0.39 is 6.10 Å². The van der Waals surface area contributed by atoms with Gasteiger partial charge in [0.1, 0.15) is 11.6 Å². The standard InChI is InChI=1S/C19H22FNO3/c1-2-18(24-17-10-8-16(20)9-11-17)19(22)21-12-13-23-14-15-6-4-3-5-7-15/h3-11,18H,2,12-14H2,1H3,(H,21,22). The zero-order valence-corrected chi connectivity index (χ0v) is 13.7. The molecule has 0 saturated heterocycles. The second-order valence-corrected chi connectivity index (χ2v) is 5.30. The van der Waals surface area contributed by atoms with Crippen LogP contribution in [0.5, 0.6) is 5.75 Å². The van der Waals surface area contributed by atoms with E-state index >= 15 is 0 Å². The van der Waals surface area contributed by atoms with Crippen LogP contribution in [0, 0.1) is 5.82 Å². The van der Waals surface area contributed by atoms with E-state index in [2.05, 4.69) is 5.32 Å². The number of halogens is 1. The number of rotatable bonds is 9. The molecule has 0 radical (unpaired) electrons. The van der Waals surface area contributed by atoms with Gasteiger partial charge in [0.15, 0.2) is 6.10 Å². The summed E-state index contributed by atoms with van der Waals surface area (Å²) in [6, 6.07) is 15.5. The topological polar surface area (TPSA) is 47.6 Å². The molecule has 0 heterocycles. The maximum atomic E-state index is 12.9. The number of carbonyl (C=O) groups excluding carboxylic acids is 1. The molecule has 0 bridgehead atoms. The van der Waals surface area contributed by atoms with Crippen molar-refractivity contribution in [3.63, 3.8) is 0 Å². The van der Waals surface area contributed by atoms with Gasteiger partial charge in [-0.15, -0.1) is 0 Å². The molecule has 0 fully saturated rings. The van der Waals surface area contributed by atoms with Crippen LogP contribution in [-0.4, -0.2) is 25.2 Å². The molecule has 24 heavy (non-hydrogen) atoms. The van der Waals surface area contributed by atoms with E-state index in [0.29, 0.717) is 31.9 Å². The van der Waals surface area contributed by atoms with Gasteiger partial charge >= 0.3 is 0 Å². The van der Waals surface area contributed by atoms with Gasteiger partial charge in [-0.2, -0.15) is 0 Å². The largest absolute Gasteiger partial charge is 0.481 e. The lowest BCUT2D eigenvalue weighted by atomic mass is 10.2. The number of nitrogens with one attached hydrogen (secondary N) is 1. The maximum absolute atomic E-state index is 12.9. The van der Waals surface area contributed by atoms with Gasteiger partial charge < -0.3 is 14.8 Å². The first-order valence-corrected chi connectivity index (χ1v) is 8.00. The molecular weight excluding hydrogens is 309 g/mol. The molecule has 0 aliphatic heterocycles. The predicted molar refractivity (Wildman–Crippen MR) is 90.2 cm³/mol. The molecule has 128 valence electrons. The third kappa shape index (κ3) is 6.01. The average molecular weight is 331 g/mol. The van der Waals surface area contributed by atoms with Crippen molar-refractivity contribution in [1.82, 2.24) is 5.32 Å². The van der Waals surface area contributed by atoms with Crippen molar-refractivity contribution in [2.45, 2.75) is 26.1 Å². The van der Waals surface area contributed by atoms with Crippen LogP contribution in [0.15, 0.2) is 54.6 Å². The third-order valence-electron chi connectivity index (χ3n) is 3.41. The first kappa shape index (κ1) is 17.9. The fourth-order valence-electron chi connectivity index (χ4n) is 2.12. The predicted octanol–water partition coefficient (Wildman–Crippen LogP) is 3.32. The molecule has 0 aromatic heterocycles. The molecule has 4 nitrogen and oxygen atoms in total. The lowest BCUT2D eigenvalue weighted by molar-refractivity contribution is -0.128. The van der Waals surface area contributed by atoms with E-state index in [1.54, 1.807) is 0 Å². The minimum absolute atomic E-state index is 0.204. The summed E-state index contributed by atoms with van der Waals surface area (Å²) in [5, 5.41) is 2.79. The highest BCUT2D eigenvalue weighted by atomic mass is 19.1. The highest BCUT2D eigenvalue weighted by molar-refractivity contribution is 5.81. The average Bonchev–Trinajstić information content (AvgIpc) is 2.61. The molecule has 1 N–H and O–H groups in total. The van der Waals surface area contributed by atoms with Crippen LogP contribution in [0.25, 0.3) is 0 Å². The minimum atomic E-state index is -0.607. The summed E-state index contributed by atoms with van der Waals surface area (Å²) in [4.78, 5) is 12.1. The number of amides is 1. The molecule has 1 amide bonds. The number of hydrogen-bond donors (Lipinski definition) is 1. The molecule has 2 rings (SSSR count). The summed E-state index contributed by atoms with van der Waals surface area (Å²) in [5.74, 6) is -0.0701. The van der Waals surface area contributed by atoms with E-state index in [1.807, 2.05) is 37.3 Å². The Kier molecular flexibility index (Phi) is 7.23. The zero-order valence-electron chi connectivity index (χ0n) is 13.7. The Morgan fingerprint density at radius 3 is 2.50 bits per heavy atom. The van der Waals surface area contributed by atoms with Crippen LogP contribution in [0.3, 0.4) is 0 Å². The summed E-state index contributed by atoms with van der Waals surface area (Å²) in [7, 11) is 0. The molecule has 0 aliphatic carbocycles. The molecule has 0 saturated carbocycles. The van der Waals surface area contributed by atoms with E-state index in [-0.39, 0.29) is 11.7 Å². The fourth-order valence-corrected chi connectivity index (χ4v) is 2.12. The van der Waals surface area contributed by atoms with Crippen LogP contribution in [0.4, 0.5) is 4.39 Å². The molecule has 0 aliphatic rings. The number of hydrogen-bond acceptors (Lipinski definition) is 3. The van der Waals surface area contributed by atoms with E-state index in [4.69, 9.17) is 9.47 Å². The second-order valence-electron chi connectivity index (χ2n) is 5.30. The first-order chi connectivity index (χ1) is 11.7. The van der Waals surface area contributed by atoms with Crippen LogP contribution in [-0.2, 0) is 16.1 Å². The maximum Gasteiger partial charge on any atom is 0.261 e. The third-order valence-corrected chi connectivity index (χ3v) is 3.41. The Balaban J connectivity index is 1.68. The highest BCUT2D eigenvalue weighted by Gasteiger charge is 2.17. The van der Waals surface area contributed by atoms with Gasteiger partial charge in [-0.05, 0) is 36.2 Å². The number of carbonyl (C=O) groups is 1. The SMILES string of the molecule is CCC(Oc1ccc(F)cc1)C(=O)NCCOCc1ccccc1. The molecular formula is C19H22FNO3. The quantitative estimate of drug-likeness (QED) is 0.717. The molecule has 0 spiro atoms. The van der Waals surface area contributed by atoms with Gasteiger partial charge in [0.05, 0.1) is 13.2 Å². The van der Waals surface area contributed by atoms with Gasteiger partial charge in [-0.25, -0.2) is 4.39 Å². The Labute approximate surface area is 141 Å². The van der Waals surface area contributed by atoms with Crippen molar-refractivity contribution in [3.05, 3.63) is 66.0 Å². The van der Waals surface area contributed by atoms with Crippen molar-refractivity contribution >= 4 is 5.91 Å². The molecule has 1 unspecified atom stereocenters. The first-order valence-electron chi connectivity index (χ1n) is 8.00. The van der Waals surface area contributed by atoms with Crippen molar-refractivity contribution in [2.24, 2.45) is 0 Å². The summed E-state index contributed by atoms with van der Waals surface area (Å²) in [6.45, 7) is 3.21. The van der Waals surface area contributed by atoms with Crippen molar-refractivity contribution in [2.75, 3.05) is 13.2 Å². The van der Waals surface area contributed by atoms with Gasteiger partial charge in [0, 0.05) is 6.54 Å². The van der Waals surface area contributed by atoms with Crippen LogP contribution >= 0.6 is 0 Å². The summed E-state index contributed by atoms with van der Waals surface area (Å²) in [5.41, 5.74) is 1.09. The Bertz CT molecular complexity index is 616. The van der Waals surface area contributed by atoms with Crippen molar-refractivity contribution in [3.8, 4) is 5.75 Å². The fraction of sp³-hybridized carbons (Fsp3) is 0.316. The second kappa shape index (κ2) is 9.67. The van der Waals surface area contributed by atoms with Gasteiger partial charge in [-0.3, -0.25) is 4.79 Å². The number of benzene rings is 2. The summed E-state index contributed by atoms with van der Waals surface area (Å²) >= 11 is 0. The highest BCUT2D eigenvalue weighted by Crippen LogP contribution is 2.14. The van der Waals surface area contributed by atoms with Gasteiger partial charge in [0.25, 0.3) is 5.91 Å². The van der Waals surface area contributed by atoms with Crippen LogP contribution in [0.2, 0.25) is 0 Å². The van der Waals surface area contributed by atoms with Gasteiger partial charge in [-0.1, -0.05) is 37.3 Å². The molecule has 2 aromatic carbocycles. The van der Waals surface area contributed by atoms with Crippen LogP contribution in [0.1, 0.15) is 18.9 Å². The van der Waals surface area contributed by atoms with Crippen molar-refractivity contribution in [1.29, 1.82) is 0 Å². The Morgan fingerprint density at radius 2 is 1.83 bits per heavy atom. The molecule has 2 aromatic rings.